The molecule has 1 fully saturated rings. The molecular formula is C21H20N2O6. The van der Waals surface area contributed by atoms with E-state index in [4.69, 9.17) is 9.47 Å². The lowest BCUT2D eigenvalue weighted by atomic mass is 10.1. The van der Waals surface area contributed by atoms with Crippen molar-refractivity contribution in [3.63, 3.8) is 0 Å². The van der Waals surface area contributed by atoms with E-state index in [1.807, 2.05) is 6.07 Å². The van der Waals surface area contributed by atoms with E-state index in [0.29, 0.717) is 17.0 Å². The number of hydrazine groups is 1. The Labute approximate surface area is 167 Å². The van der Waals surface area contributed by atoms with Crippen molar-refractivity contribution < 1.29 is 28.6 Å². The molecule has 150 valence electrons. The van der Waals surface area contributed by atoms with Crippen LogP contribution in [0.3, 0.4) is 0 Å². The first kappa shape index (κ1) is 19.9. The number of methoxy groups -OCH3 is 2. The average Bonchev–Trinajstić information content (AvgIpc) is 3.03. The maximum atomic E-state index is 12.8. The van der Waals surface area contributed by atoms with Gasteiger partial charge in [-0.3, -0.25) is 15.0 Å². The SMILES string of the molecule is COC(=O)[C@H](C)Oc1c(/C=C2\C(=O)NN(c3ccccc3)C2=O)cccc1OC. The molecule has 0 aromatic heterocycles. The van der Waals surface area contributed by atoms with E-state index in [2.05, 4.69) is 10.2 Å². The fraction of sp³-hybridized carbons (Fsp3) is 0.190. The zero-order chi connectivity index (χ0) is 21.0. The molecule has 2 aromatic rings. The molecule has 1 aliphatic rings. The summed E-state index contributed by atoms with van der Waals surface area (Å²) in [6.07, 6.45) is 0.491. The average molecular weight is 396 g/mol. The van der Waals surface area contributed by atoms with Crippen molar-refractivity contribution in [1.82, 2.24) is 5.43 Å². The Balaban J connectivity index is 1.98. The van der Waals surface area contributed by atoms with Crippen molar-refractivity contribution in [3.8, 4) is 11.5 Å². The summed E-state index contributed by atoms with van der Waals surface area (Å²) in [6, 6.07) is 13.7. The van der Waals surface area contributed by atoms with E-state index in [1.54, 1.807) is 42.5 Å². The number of ether oxygens (including phenoxy) is 3. The Morgan fingerprint density at radius 2 is 1.79 bits per heavy atom. The molecule has 29 heavy (non-hydrogen) atoms. The molecule has 1 heterocycles. The highest BCUT2D eigenvalue weighted by Gasteiger charge is 2.34. The Bertz CT molecular complexity index is 970. The number of esters is 1. The predicted octanol–water partition coefficient (Wildman–Crippen LogP) is 2.10. The summed E-state index contributed by atoms with van der Waals surface area (Å²) < 4.78 is 15.7. The highest BCUT2D eigenvalue weighted by molar-refractivity contribution is 6.31. The van der Waals surface area contributed by atoms with Gasteiger partial charge in [0, 0.05) is 5.56 Å². The third-order valence-electron chi connectivity index (χ3n) is 4.26. The van der Waals surface area contributed by atoms with Crippen LogP contribution in [0.25, 0.3) is 6.08 Å². The second-order valence-corrected chi connectivity index (χ2v) is 6.14. The summed E-state index contributed by atoms with van der Waals surface area (Å²) in [6.45, 7) is 1.53. The van der Waals surface area contributed by atoms with E-state index in [0.717, 1.165) is 0 Å². The van der Waals surface area contributed by atoms with Crippen LogP contribution in [0.5, 0.6) is 11.5 Å². The van der Waals surface area contributed by atoms with E-state index in [1.165, 1.54) is 32.2 Å². The number of nitrogens with zero attached hydrogens (tertiary/aromatic N) is 1. The molecule has 0 aliphatic carbocycles. The number of hydrogen-bond acceptors (Lipinski definition) is 6. The van der Waals surface area contributed by atoms with Crippen LogP contribution in [0.1, 0.15) is 12.5 Å². The fourth-order valence-corrected chi connectivity index (χ4v) is 2.80. The minimum absolute atomic E-state index is 0.0716. The molecule has 0 spiro atoms. The van der Waals surface area contributed by atoms with Crippen molar-refractivity contribution in [2.24, 2.45) is 0 Å². The molecule has 3 rings (SSSR count). The number of carbonyl (C=O) groups is 3. The Hall–Kier alpha value is -3.81. The third kappa shape index (κ3) is 4.06. The van der Waals surface area contributed by atoms with E-state index < -0.39 is 23.9 Å². The van der Waals surface area contributed by atoms with Crippen LogP contribution in [-0.2, 0) is 19.1 Å². The first-order valence-corrected chi connectivity index (χ1v) is 8.80. The minimum Gasteiger partial charge on any atom is -0.493 e. The second-order valence-electron chi connectivity index (χ2n) is 6.14. The van der Waals surface area contributed by atoms with Crippen molar-refractivity contribution in [1.29, 1.82) is 0 Å². The Morgan fingerprint density at radius 3 is 2.45 bits per heavy atom. The number of nitrogens with one attached hydrogen (secondary N) is 1. The third-order valence-corrected chi connectivity index (χ3v) is 4.26. The lowest BCUT2D eigenvalue weighted by Crippen LogP contribution is -2.35. The summed E-state index contributed by atoms with van der Waals surface area (Å²) in [5, 5.41) is 1.17. The number of benzene rings is 2. The smallest absolute Gasteiger partial charge is 0.346 e. The van der Waals surface area contributed by atoms with Crippen LogP contribution >= 0.6 is 0 Å². The molecule has 1 aliphatic heterocycles. The quantitative estimate of drug-likeness (QED) is 0.457. The zero-order valence-electron chi connectivity index (χ0n) is 16.2. The first-order chi connectivity index (χ1) is 14.0. The predicted molar refractivity (Wildman–Crippen MR) is 105 cm³/mol. The lowest BCUT2D eigenvalue weighted by molar-refractivity contribution is -0.148. The highest BCUT2D eigenvalue weighted by atomic mass is 16.6. The standard InChI is InChI=1S/C21H20N2O6/c1-13(21(26)28-3)29-18-14(8-7-11-17(18)27-2)12-16-19(24)22-23(20(16)25)15-9-5-4-6-10-15/h4-13H,1-3H3,(H,22,24)/b16-12+/t13-/m0/s1. The summed E-state index contributed by atoms with van der Waals surface area (Å²) >= 11 is 0. The van der Waals surface area contributed by atoms with Gasteiger partial charge in [0.15, 0.2) is 17.6 Å². The molecule has 8 nitrogen and oxygen atoms in total. The molecule has 0 unspecified atom stereocenters. The normalized spacial score (nSPS) is 15.8. The summed E-state index contributed by atoms with van der Waals surface area (Å²) in [7, 11) is 2.71. The molecule has 1 N–H and O–H groups in total. The maximum absolute atomic E-state index is 12.8. The van der Waals surface area contributed by atoms with Gasteiger partial charge >= 0.3 is 5.97 Å². The van der Waals surface area contributed by atoms with Crippen molar-refractivity contribution in [3.05, 3.63) is 59.7 Å². The Kier molecular flexibility index (Phi) is 5.82. The zero-order valence-corrected chi connectivity index (χ0v) is 16.2. The van der Waals surface area contributed by atoms with E-state index >= 15 is 0 Å². The van der Waals surface area contributed by atoms with Crippen LogP contribution in [0, 0.1) is 0 Å². The monoisotopic (exact) mass is 396 g/mol. The van der Waals surface area contributed by atoms with Gasteiger partial charge < -0.3 is 14.2 Å². The summed E-state index contributed by atoms with van der Waals surface area (Å²) in [5.74, 6) is -1.05. The van der Waals surface area contributed by atoms with Crippen LogP contribution in [0.15, 0.2) is 54.1 Å². The fourth-order valence-electron chi connectivity index (χ4n) is 2.80. The molecule has 0 saturated carbocycles. The van der Waals surface area contributed by atoms with Crippen molar-refractivity contribution >= 4 is 29.5 Å². The van der Waals surface area contributed by atoms with Crippen LogP contribution < -0.4 is 19.9 Å². The largest absolute Gasteiger partial charge is 0.493 e. The number of para-hydroxylation sites is 2. The second kappa shape index (κ2) is 8.47. The molecule has 0 radical (unpaired) electrons. The molecule has 2 aromatic carbocycles. The van der Waals surface area contributed by atoms with Gasteiger partial charge in [-0.25, -0.2) is 9.80 Å². The minimum atomic E-state index is -0.914. The van der Waals surface area contributed by atoms with Crippen molar-refractivity contribution in [2.45, 2.75) is 13.0 Å². The number of carbonyl (C=O) groups excluding carboxylic acids is 3. The molecule has 8 heteroatoms. The van der Waals surface area contributed by atoms with Crippen LogP contribution in [0.2, 0.25) is 0 Å². The molecule has 2 amide bonds. The first-order valence-electron chi connectivity index (χ1n) is 8.80. The molecule has 0 bridgehead atoms. The van der Waals surface area contributed by atoms with Crippen LogP contribution in [-0.4, -0.2) is 38.1 Å². The van der Waals surface area contributed by atoms with Gasteiger partial charge in [0.1, 0.15) is 5.57 Å². The summed E-state index contributed by atoms with van der Waals surface area (Å²) in [4.78, 5) is 37.0. The van der Waals surface area contributed by atoms with Gasteiger partial charge in [-0.2, -0.15) is 0 Å². The summed E-state index contributed by atoms with van der Waals surface area (Å²) in [5.41, 5.74) is 3.41. The molecule has 1 atom stereocenters. The number of amides is 2. The van der Waals surface area contributed by atoms with Gasteiger partial charge in [0.05, 0.1) is 19.9 Å². The lowest BCUT2D eigenvalue weighted by Gasteiger charge is -2.17. The van der Waals surface area contributed by atoms with E-state index in [-0.39, 0.29) is 11.3 Å². The van der Waals surface area contributed by atoms with Gasteiger partial charge in [-0.1, -0.05) is 30.3 Å². The van der Waals surface area contributed by atoms with Crippen molar-refractivity contribution in [2.75, 3.05) is 19.2 Å². The highest BCUT2D eigenvalue weighted by Crippen LogP contribution is 2.34. The van der Waals surface area contributed by atoms with Gasteiger partial charge in [0.25, 0.3) is 11.8 Å². The van der Waals surface area contributed by atoms with E-state index in [9.17, 15) is 14.4 Å². The maximum Gasteiger partial charge on any atom is 0.346 e. The topological polar surface area (TPSA) is 94.2 Å². The Morgan fingerprint density at radius 1 is 1.07 bits per heavy atom. The number of hydrogen-bond donors (Lipinski definition) is 1. The molecule has 1 saturated heterocycles. The van der Waals surface area contributed by atoms with Gasteiger partial charge in [-0.15, -0.1) is 0 Å². The van der Waals surface area contributed by atoms with Gasteiger partial charge in [-0.05, 0) is 31.2 Å². The number of anilines is 1. The molecular weight excluding hydrogens is 376 g/mol. The van der Waals surface area contributed by atoms with Gasteiger partial charge in [0.2, 0.25) is 0 Å². The number of rotatable bonds is 6. The van der Waals surface area contributed by atoms with Crippen LogP contribution in [0.4, 0.5) is 5.69 Å².